The van der Waals surface area contributed by atoms with Crippen LogP contribution in [0.2, 0.25) is 0 Å². The normalized spacial score (nSPS) is 26.4. The molecule has 1 saturated heterocycles. The van der Waals surface area contributed by atoms with Gasteiger partial charge in [0.25, 0.3) is 0 Å². The van der Waals surface area contributed by atoms with E-state index in [1.165, 1.54) is 12.8 Å². The highest BCUT2D eigenvalue weighted by atomic mass is 16.5. The lowest BCUT2D eigenvalue weighted by molar-refractivity contribution is 0.0345. The number of rotatable bonds is 7. The van der Waals surface area contributed by atoms with Gasteiger partial charge in [0.05, 0.1) is 20.3 Å². The third-order valence-electron chi connectivity index (χ3n) is 6.27. The van der Waals surface area contributed by atoms with E-state index in [1.807, 2.05) is 29.2 Å². The Bertz CT molecular complexity index is 702. The third kappa shape index (κ3) is 4.67. The van der Waals surface area contributed by atoms with Gasteiger partial charge in [-0.3, -0.25) is 4.90 Å². The van der Waals surface area contributed by atoms with Crippen molar-refractivity contribution >= 4 is 11.7 Å². The minimum atomic E-state index is -0.0201. The Morgan fingerprint density at radius 1 is 1.29 bits per heavy atom. The second kappa shape index (κ2) is 8.97. The summed E-state index contributed by atoms with van der Waals surface area (Å²) in [5.74, 6) is 2.68. The zero-order valence-electron chi connectivity index (χ0n) is 16.7. The Labute approximate surface area is 167 Å². The van der Waals surface area contributed by atoms with Crippen LogP contribution in [0.5, 0.6) is 5.75 Å². The largest absolute Gasteiger partial charge is 0.497 e. The van der Waals surface area contributed by atoms with Crippen LogP contribution in [-0.2, 0) is 4.74 Å². The van der Waals surface area contributed by atoms with Gasteiger partial charge in [0.1, 0.15) is 5.75 Å². The number of hydrogen-bond acceptors (Lipinski definition) is 4. The molecule has 2 amide bonds. The molecule has 0 aromatic heterocycles. The molecule has 1 heterocycles. The summed E-state index contributed by atoms with van der Waals surface area (Å²) in [5.41, 5.74) is 0.772. The maximum Gasteiger partial charge on any atom is 0.321 e. The number of nitrogens with one attached hydrogen (secondary N) is 1. The molecule has 3 aliphatic rings. The number of carbonyl (C=O) groups excluding carboxylic acids is 1. The van der Waals surface area contributed by atoms with Gasteiger partial charge in [-0.25, -0.2) is 4.79 Å². The third-order valence-corrected chi connectivity index (χ3v) is 6.27. The molecular weight excluding hydrogens is 354 g/mol. The van der Waals surface area contributed by atoms with Gasteiger partial charge in [0, 0.05) is 44.5 Å². The number of allylic oxidation sites excluding steroid dienone is 2. The van der Waals surface area contributed by atoms with Crippen LogP contribution in [-0.4, -0.2) is 68.9 Å². The number of nitrogens with zero attached hydrogens (tertiary/aromatic N) is 2. The summed E-state index contributed by atoms with van der Waals surface area (Å²) in [4.78, 5) is 17.5. The highest BCUT2D eigenvalue weighted by Crippen LogP contribution is 2.43. The molecule has 6 nitrogen and oxygen atoms in total. The molecule has 152 valence electrons. The molecule has 0 radical (unpaired) electrons. The second-order valence-corrected chi connectivity index (χ2v) is 8.10. The fourth-order valence-corrected chi connectivity index (χ4v) is 4.65. The quantitative estimate of drug-likeness (QED) is 0.733. The molecule has 3 atom stereocenters. The van der Waals surface area contributed by atoms with E-state index in [9.17, 15) is 4.79 Å². The zero-order chi connectivity index (χ0) is 19.3. The van der Waals surface area contributed by atoms with E-state index in [1.54, 1.807) is 7.11 Å². The van der Waals surface area contributed by atoms with E-state index < -0.39 is 0 Å². The van der Waals surface area contributed by atoms with Gasteiger partial charge in [-0.1, -0.05) is 18.2 Å². The van der Waals surface area contributed by atoms with Gasteiger partial charge in [-0.2, -0.15) is 0 Å². The molecule has 2 bridgehead atoms. The molecule has 2 fully saturated rings. The standard InChI is InChI=1S/C22H31N3O3/c1-27-21-4-2-3-20(15-21)23-22(26)25(8-7-24-9-11-28-12-10-24)16-19-14-17-5-6-18(19)13-17/h2-6,15,17-19H,7-14,16H2,1H3,(H,23,26). The van der Waals surface area contributed by atoms with Crippen LogP contribution in [0.1, 0.15) is 12.8 Å². The summed E-state index contributed by atoms with van der Waals surface area (Å²) in [6.45, 7) is 5.93. The Balaban J connectivity index is 1.39. The maximum absolute atomic E-state index is 13.1. The van der Waals surface area contributed by atoms with Crippen molar-refractivity contribution in [3.05, 3.63) is 36.4 Å². The topological polar surface area (TPSA) is 54.0 Å². The van der Waals surface area contributed by atoms with Crippen LogP contribution in [0, 0.1) is 17.8 Å². The molecule has 1 aliphatic heterocycles. The Kier molecular flexibility index (Phi) is 6.17. The van der Waals surface area contributed by atoms with E-state index in [2.05, 4.69) is 22.4 Å². The molecule has 1 aromatic rings. The second-order valence-electron chi connectivity index (χ2n) is 8.10. The highest BCUT2D eigenvalue weighted by Gasteiger charge is 2.37. The number of anilines is 1. The first-order chi connectivity index (χ1) is 13.7. The van der Waals surface area contributed by atoms with Gasteiger partial charge in [-0.15, -0.1) is 0 Å². The molecule has 1 aromatic carbocycles. The summed E-state index contributed by atoms with van der Waals surface area (Å²) >= 11 is 0. The minimum absolute atomic E-state index is 0.0201. The first-order valence-electron chi connectivity index (χ1n) is 10.4. The van der Waals surface area contributed by atoms with Crippen molar-refractivity contribution in [1.29, 1.82) is 0 Å². The molecule has 3 unspecified atom stereocenters. The number of fused-ring (bicyclic) bond motifs is 2. The average Bonchev–Trinajstić information content (AvgIpc) is 3.35. The summed E-state index contributed by atoms with van der Waals surface area (Å²) in [7, 11) is 1.64. The summed E-state index contributed by atoms with van der Waals surface area (Å²) in [6.07, 6.45) is 7.19. The van der Waals surface area contributed by atoms with Crippen molar-refractivity contribution in [2.45, 2.75) is 12.8 Å². The van der Waals surface area contributed by atoms with E-state index in [0.717, 1.165) is 63.3 Å². The number of hydrogen-bond donors (Lipinski definition) is 1. The fraction of sp³-hybridized carbons (Fsp3) is 0.591. The molecule has 2 aliphatic carbocycles. The van der Waals surface area contributed by atoms with Crippen LogP contribution < -0.4 is 10.1 Å². The van der Waals surface area contributed by atoms with Crippen LogP contribution >= 0.6 is 0 Å². The summed E-state index contributed by atoms with van der Waals surface area (Å²) in [6, 6.07) is 7.52. The number of carbonyl (C=O) groups is 1. The molecule has 28 heavy (non-hydrogen) atoms. The predicted octanol–water partition coefficient (Wildman–Crippen LogP) is 3.07. The number of amides is 2. The van der Waals surface area contributed by atoms with Gasteiger partial charge in [0.15, 0.2) is 0 Å². The van der Waals surface area contributed by atoms with Crippen LogP contribution in [0.4, 0.5) is 10.5 Å². The molecule has 0 spiro atoms. The minimum Gasteiger partial charge on any atom is -0.497 e. The van der Waals surface area contributed by atoms with Crippen molar-refractivity contribution in [2.24, 2.45) is 17.8 Å². The molecule has 1 saturated carbocycles. The maximum atomic E-state index is 13.1. The van der Waals surface area contributed by atoms with Crippen LogP contribution in [0.15, 0.2) is 36.4 Å². The lowest BCUT2D eigenvalue weighted by Crippen LogP contribution is -2.46. The first kappa shape index (κ1) is 19.3. The molecule has 6 heteroatoms. The zero-order valence-corrected chi connectivity index (χ0v) is 16.7. The SMILES string of the molecule is COc1cccc(NC(=O)N(CCN2CCOCC2)CC2CC3C=CC2C3)c1. The van der Waals surface area contributed by atoms with E-state index in [-0.39, 0.29) is 6.03 Å². The summed E-state index contributed by atoms with van der Waals surface area (Å²) < 4.78 is 10.7. The van der Waals surface area contributed by atoms with E-state index in [4.69, 9.17) is 9.47 Å². The van der Waals surface area contributed by atoms with E-state index >= 15 is 0 Å². The first-order valence-corrected chi connectivity index (χ1v) is 10.4. The Morgan fingerprint density at radius 3 is 2.86 bits per heavy atom. The average molecular weight is 386 g/mol. The number of morpholine rings is 1. The monoisotopic (exact) mass is 385 g/mol. The predicted molar refractivity (Wildman–Crippen MR) is 110 cm³/mol. The van der Waals surface area contributed by atoms with E-state index in [0.29, 0.717) is 11.8 Å². The lowest BCUT2D eigenvalue weighted by atomic mass is 9.93. The smallest absolute Gasteiger partial charge is 0.321 e. The van der Waals surface area contributed by atoms with Gasteiger partial charge < -0.3 is 19.7 Å². The van der Waals surface area contributed by atoms with Gasteiger partial charge in [-0.05, 0) is 42.7 Å². The van der Waals surface area contributed by atoms with Gasteiger partial charge in [0.2, 0.25) is 0 Å². The number of urea groups is 1. The van der Waals surface area contributed by atoms with Crippen molar-refractivity contribution in [3.8, 4) is 5.75 Å². The van der Waals surface area contributed by atoms with Crippen LogP contribution in [0.3, 0.4) is 0 Å². The Morgan fingerprint density at radius 2 is 2.14 bits per heavy atom. The van der Waals surface area contributed by atoms with Crippen molar-refractivity contribution < 1.29 is 14.3 Å². The lowest BCUT2D eigenvalue weighted by Gasteiger charge is -2.32. The number of benzene rings is 1. The van der Waals surface area contributed by atoms with Crippen molar-refractivity contribution in [3.63, 3.8) is 0 Å². The molecule has 1 N–H and O–H groups in total. The fourth-order valence-electron chi connectivity index (χ4n) is 4.65. The highest BCUT2D eigenvalue weighted by molar-refractivity contribution is 5.89. The van der Waals surface area contributed by atoms with Gasteiger partial charge >= 0.3 is 6.03 Å². The number of methoxy groups -OCH3 is 1. The molecule has 4 rings (SSSR count). The summed E-state index contributed by atoms with van der Waals surface area (Å²) in [5, 5.41) is 3.07. The Hall–Kier alpha value is -2.05. The number of ether oxygens (including phenoxy) is 2. The molecular formula is C22H31N3O3. The van der Waals surface area contributed by atoms with Crippen molar-refractivity contribution in [2.75, 3.05) is 58.4 Å². The van der Waals surface area contributed by atoms with Crippen LogP contribution in [0.25, 0.3) is 0 Å². The van der Waals surface area contributed by atoms with Crippen molar-refractivity contribution in [1.82, 2.24) is 9.80 Å².